The van der Waals surface area contributed by atoms with E-state index in [1.807, 2.05) is 0 Å². The molecule has 6 nitrogen and oxygen atoms in total. The van der Waals surface area contributed by atoms with E-state index in [0.29, 0.717) is 4.91 Å². The lowest BCUT2D eigenvalue weighted by Crippen LogP contribution is -2.53. The van der Waals surface area contributed by atoms with Gasteiger partial charge in [-0.3, -0.25) is 0 Å². The van der Waals surface area contributed by atoms with Crippen LogP contribution in [0.25, 0.3) is 0 Å². The van der Waals surface area contributed by atoms with Crippen molar-refractivity contribution in [2.24, 2.45) is 0 Å². The number of halogens is 2. The summed E-state index contributed by atoms with van der Waals surface area (Å²) in [5, 5.41) is 8.22. The number of nitrogens with zero attached hydrogens (tertiary/aromatic N) is 1. The van der Waals surface area contributed by atoms with Crippen molar-refractivity contribution >= 4 is 28.7 Å². The maximum atomic E-state index is 13.5. The van der Waals surface area contributed by atoms with Gasteiger partial charge in [0.2, 0.25) is 11.4 Å². The molecule has 0 radical (unpaired) electrons. The van der Waals surface area contributed by atoms with Gasteiger partial charge in [0.25, 0.3) is 5.17 Å². The van der Waals surface area contributed by atoms with Gasteiger partial charge in [-0.15, -0.1) is 13.3 Å². The Hall–Kier alpha value is -2.13. The highest BCUT2D eigenvalue weighted by molar-refractivity contribution is 8.17. The quantitative estimate of drug-likeness (QED) is 0.719. The summed E-state index contributed by atoms with van der Waals surface area (Å²) in [7, 11) is 0. The van der Waals surface area contributed by atoms with Crippen LogP contribution in [0.5, 0.6) is 11.5 Å². The van der Waals surface area contributed by atoms with Crippen molar-refractivity contribution in [3.05, 3.63) is 29.3 Å². The van der Waals surface area contributed by atoms with Gasteiger partial charge in [0.1, 0.15) is 11.8 Å². The Morgan fingerprint density at radius 1 is 1.32 bits per heavy atom. The number of hydrogen-bond acceptors (Lipinski definition) is 6. The van der Waals surface area contributed by atoms with Crippen LogP contribution in [0, 0.1) is 5.41 Å². The van der Waals surface area contributed by atoms with Gasteiger partial charge in [0, 0.05) is 11.0 Å². The summed E-state index contributed by atoms with van der Waals surface area (Å²) in [6, 6.07) is 4.22. The van der Waals surface area contributed by atoms with Crippen LogP contribution in [-0.2, 0) is 4.74 Å². The smallest absolute Gasteiger partial charge is 0.413 e. The fourth-order valence-electron chi connectivity index (χ4n) is 2.56. The molecule has 3 rings (SSSR count). The van der Waals surface area contributed by atoms with E-state index in [4.69, 9.17) is 10.1 Å². The number of carbonyl (C=O) groups excluding carboxylic acids is 1. The standard InChI is InChI=1S/C16H17F2N2O4S/c1-9-8-20(13(19)25-9,14(21)24-15(2,3)4)10-6-5-7-11-12(10)23-16(17,18)22-11/h5-8,19H,1-4H3/q+1. The molecule has 0 saturated heterocycles. The van der Waals surface area contributed by atoms with Gasteiger partial charge >= 0.3 is 12.4 Å². The fraction of sp³-hybridized carbons (Fsp3) is 0.375. The molecule has 2 heterocycles. The second-order valence-electron chi connectivity index (χ2n) is 6.62. The maximum Gasteiger partial charge on any atom is 0.586 e. The highest BCUT2D eigenvalue weighted by Crippen LogP contribution is 2.52. The number of amides is 1. The molecular weight excluding hydrogens is 354 g/mol. The Morgan fingerprint density at radius 2 is 2.00 bits per heavy atom. The van der Waals surface area contributed by atoms with Crippen LogP contribution in [0.1, 0.15) is 27.7 Å². The Bertz CT molecular complexity index is 804. The lowest BCUT2D eigenvalue weighted by Gasteiger charge is -2.29. The summed E-state index contributed by atoms with van der Waals surface area (Å²) < 4.78 is 40.8. The predicted molar refractivity (Wildman–Crippen MR) is 89.7 cm³/mol. The molecule has 2 aliphatic heterocycles. The van der Waals surface area contributed by atoms with E-state index in [9.17, 15) is 13.6 Å². The number of carbonyl (C=O) groups is 1. The first-order valence-corrected chi connectivity index (χ1v) is 8.24. The summed E-state index contributed by atoms with van der Waals surface area (Å²) in [6.45, 7) is 6.79. The van der Waals surface area contributed by atoms with E-state index in [1.54, 1.807) is 27.7 Å². The molecule has 0 bridgehead atoms. The molecule has 134 valence electrons. The van der Waals surface area contributed by atoms with Crippen molar-refractivity contribution in [2.75, 3.05) is 0 Å². The van der Waals surface area contributed by atoms with Crippen LogP contribution >= 0.6 is 11.8 Å². The molecule has 25 heavy (non-hydrogen) atoms. The number of ether oxygens (including phenoxy) is 3. The Balaban J connectivity index is 2.18. The van der Waals surface area contributed by atoms with Crippen molar-refractivity contribution < 1.29 is 27.8 Å². The van der Waals surface area contributed by atoms with E-state index in [2.05, 4.69) is 9.47 Å². The van der Waals surface area contributed by atoms with Gasteiger partial charge in [-0.2, -0.15) is 4.79 Å². The van der Waals surface area contributed by atoms with E-state index >= 15 is 0 Å². The Kier molecular flexibility index (Phi) is 3.84. The molecule has 1 amide bonds. The molecule has 9 heteroatoms. The lowest BCUT2D eigenvalue weighted by atomic mass is 10.2. The van der Waals surface area contributed by atoms with E-state index in [-0.39, 0.29) is 22.4 Å². The summed E-state index contributed by atoms with van der Waals surface area (Å²) in [5.41, 5.74) is -0.782. The zero-order valence-corrected chi connectivity index (χ0v) is 14.9. The van der Waals surface area contributed by atoms with E-state index in [0.717, 1.165) is 11.8 Å². The van der Waals surface area contributed by atoms with Crippen LogP contribution in [0.15, 0.2) is 29.3 Å². The number of para-hydroxylation sites is 1. The van der Waals surface area contributed by atoms with Crippen LogP contribution < -0.4 is 14.0 Å². The molecule has 1 unspecified atom stereocenters. The van der Waals surface area contributed by atoms with Gasteiger partial charge in [0.05, 0.1) is 0 Å². The number of thioether (sulfide) groups is 1. The minimum absolute atomic E-state index is 0.0401. The second-order valence-corrected chi connectivity index (χ2v) is 7.86. The van der Waals surface area contributed by atoms with Crippen molar-refractivity contribution in [1.82, 2.24) is 4.48 Å². The highest BCUT2D eigenvalue weighted by Gasteiger charge is 2.56. The third kappa shape index (κ3) is 2.98. The zero-order valence-electron chi connectivity index (χ0n) is 14.1. The Morgan fingerprint density at radius 3 is 2.56 bits per heavy atom. The number of amidine groups is 1. The number of rotatable bonds is 1. The molecule has 1 aromatic rings. The van der Waals surface area contributed by atoms with Crippen molar-refractivity contribution in [3.8, 4) is 11.5 Å². The monoisotopic (exact) mass is 371 g/mol. The zero-order chi connectivity index (χ0) is 18.6. The fourth-order valence-corrected chi connectivity index (χ4v) is 3.45. The predicted octanol–water partition coefficient (Wildman–Crippen LogP) is 4.79. The molecule has 0 aliphatic carbocycles. The molecule has 0 aromatic heterocycles. The van der Waals surface area contributed by atoms with Gasteiger partial charge in [-0.25, -0.2) is 5.41 Å². The SMILES string of the molecule is CC1=C[N+](C(=O)OC(C)(C)C)(c2cccc3c2OC(F)(F)O3)C(=N)S1. The van der Waals surface area contributed by atoms with Crippen LogP contribution in [0.4, 0.5) is 19.3 Å². The molecular formula is C16H17F2N2O4S+. The largest absolute Gasteiger partial charge is 0.586 e. The maximum absolute atomic E-state index is 13.5. The summed E-state index contributed by atoms with van der Waals surface area (Å²) in [6.07, 6.45) is -3.13. The second kappa shape index (κ2) is 5.43. The first-order valence-electron chi connectivity index (χ1n) is 7.43. The minimum Gasteiger partial charge on any atom is -0.413 e. The lowest BCUT2D eigenvalue weighted by molar-refractivity contribution is -0.286. The number of hydrogen-bond donors (Lipinski definition) is 1. The normalized spacial score (nSPS) is 24.2. The number of alkyl halides is 2. The molecule has 1 aromatic carbocycles. The molecule has 0 saturated carbocycles. The molecule has 0 spiro atoms. The molecule has 1 N–H and O–H groups in total. The molecule has 1 atom stereocenters. The van der Waals surface area contributed by atoms with Crippen LogP contribution in [0.3, 0.4) is 0 Å². The third-order valence-corrected chi connectivity index (χ3v) is 4.33. The summed E-state index contributed by atoms with van der Waals surface area (Å²) in [5.74, 6) is -0.478. The first-order chi connectivity index (χ1) is 11.4. The summed E-state index contributed by atoms with van der Waals surface area (Å²) in [4.78, 5) is 13.6. The number of nitrogens with one attached hydrogen (secondary N) is 1. The number of quaternary nitrogens is 1. The van der Waals surface area contributed by atoms with E-state index in [1.165, 1.54) is 24.4 Å². The Labute approximate surface area is 147 Å². The average molecular weight is 371 g/mol. The van der Waals surface area contributed by atoms with E-state index < -0.39 is 22.5 Å². The van der Waals surface area contributed by atoms with Crippen LogP contribution in [-0.4, -0.2) is 23.2 Å². The van der Waals surface area contributed by atoms with Gasteiger partial charge in [0.15, 0.2) is 5.75 Å². The average Bonchev–Trinajstić information content (AvgIpc) is 2.91. The van der Waals surface area contributed by atoms with Crippen molar-refractivity contribution in [2.45, 2.75) is 39.6 Å². The first kappa shape index (κ1) is 17.7. The van der Waals surface area contributed by atoms with Gasteiger partial charge in [-0.05, 0) is 45.5 Å². The third-order valence-electron chi connectivity index (χ3n) is 3.42. The van der Waals surface area contributed by atoms with Crippen molar-refractivity contribution in [1.29, 1.82) is 5.41 Å². The minimum atomic E-state index is -3.83. The number of allylic oxidation sites excluding steroid dienone is 1. The highest BCUT2D eigenvalue weighted by atomic mass is 32.2. The topological polar surface area (TPSA) is 68.6 Å². The van der Waals surface area contributed by atoms with Crippen LogP contribution in [0.2, 0.25) is 0 Å². The molecule has 0 fully saturated rings. The molecule has 2 aliphatic rings. The van der Waals surface area contributed by atoms with Gasteiger partial charge < -0.3 is 14.2 Å². The number of fused-ring (bicyclic) bond motifs is 1. The van der Waals surface area contributed by atoms with Gasteiger partial charge in [-0.1, -0.05) is 6.07 Å². The summed E-state index contributed by atoms with van der Waals surface area (Å²) >= 11 is 1.05. The number of benzene rings is 1. The van der Waals surface area contributed by atoms with Crippen molar-refractivity contribution in [3.63, 3.8) is 0 Å².